The molecule has 1 aromatic rings. The predicted octanol–water partition coefficient (Wildman–Crippen LogP) is 2.70. The maximum Gasteiger partial charge on any atom is 0.137 e. The molecule has 0 amide bonds. The molecule has 1 N–H and O–H groups in total. The average Bonchev–Trinajstić information content (AvgIpc) is 2.28. The summed E-state index contributed by atoms with van der Waals surface area (Å²) in [5.74, 6) is 1.41. The van der Waals surface area contributed by atoms with Gasteiger partial charge < -0.3 is 10.1 Å². The van der Waals surface area contributed by atoms with Crippen molar-refractivity contribution < 1.29 is 4.74 Å². The van der Waals surface area contributed by atoms with Crippen molar-refractivity contribution in [1.29, 1.82) is 5.26 Å². The summed E-state index contributed by atoms with van der Waals surface area (Å²) in [5.41, 5.74) is 0.594. The number of ether oxygens (including phenoxy) is 1. The molecule has 0 heterocycles. The van der Waals surface area contributed by atoms with Crippen LogP contribution < -0.4 is 10.1 Å². The second kappa shape index (κ2) is 5.52. The second-order valence-corrected chi connectivity index (χ2v) is 5.30. The molecule has 0 aromatic heterocycles. The van der Waals surface area contributed by atoms with E-state index in [1.807, 2.05) is 19.2 Å². The average molecular weight is 295 g/mol. The molecule has 4 heteroatoms. The maximum absolute atomic E-state index is 9.02. The lowest BCUT2D eigenvalue weighted by atomic mass is 9.82. The molecule has 1 aliphatic rings. The zero-order chi connectivity index (χ0) is 12.3. The Balaban J connectivity index is 1.95. The zero-order valence-corrected chi connectivity index (χ0v) is 11.3. The Kier molecular flexibility index (Phi) is 4.03. The first kappa shape index (κ1) is 12.4. The van der Waals surface area contributed by atoms with E-state index >= 15 is 0 Å². The van der Waals surface area contributed by atoms with Gasteiger partial charge in [-0.2, -0.15) is 5.26 Å². The van der Waals surface area contributed by atoms with Crippen molar-refractivity contribution in [1.82, 2.24) is 5.32 Å². The van der Waals surface area contributed by atoms with E-state index in [4.69, 9.17) is 10.00 Å². The van der Waals surface area contributed by atoms with Crippen molar-refractivity contribution >= 4 is 15.9 Å². The van der Waals surface area contributed by atoms with E-state index in [0.29, 0.717) is 17.2 Å². The van der Waals surface area contributed by atoms with Gasteiger partial charge in [-0.3, -0.25) is 0 Å². The number of halogens is 1. The summed E-state index contributed by atoms with van der Waals surface area (Å²) < 4.78 is 6.74. The van der Waals surface area contributed by atoms with Gasteiger partial charge in [0.25, 0.3) is 0 Å². The number of rotatable bonds is 4. The summed E-state index contributed by atoms with van der Waals surface area (Å²) in [6.07, 6.45) is 2.41. The smallest absolute Gasteiger partial charge is 0.137 e. The number of nitrogens with zero attached hydrogens (tertiary/aromatic N) is 1. The van der Waals surface area contributed by atoms with E-state index < -0.39 is 0 Å². The van der Waals surface area contributed by atoms with E-state index in [-0.39, 0.29) is 6.10 Å². The van der Waals surface area contributed by atoms with Gasteiger partial charge in [-0.15, -0.1) is 0 Å². The van der Waals surface area contributed by atoms with E-state index in [0.717, 1.165) is 23.9 Å². The first-order chi connectivity index (χ1) is 8.22. The van der Waals surface area contributed by atoms with Crippen LogP contribution in [0.3, 0.4) is 0 Å². The fourth-order valence-corrected chi connectivity index (χ4v) is 2.46. The van der Waals surface area contributed by atoms with Gasteiger partial charge in [-0.1, -0.05) is 15.9 Å². The molecule has 1 aromatic carbocycles. The highest BCUT2D eigenvalue weighted by Crippen LogP contribution is 2.32. The van der Waals surface area contributed by atoms with Gasteiger partial charge in [0.15, 0.2) is 0 Å². The Morgan fingerprint density at radius 2 is 2.29 bits per heavy atom. The Morgan fingerprint density at radius 3 is 2.94 bits per heavy atom. The molecule has 3 nitrogen and oxygen atoms in total. The number of nitriles is 1. The van der Waals surface area contributed by atoms with Gasteiger partial charge in [0.2, 0.25) is 0 Å². The highest BCUT2D eigenvalue weighted by atomic mass is 79.9. The van der Waals surface area contributed by atoms with Gasteiger partial charge in [0, 0.05) is 4.47 Å². The van der Waals surface area contributed by atoms with Crippen molar-refractivity contribution in [2.75, 3.05) is 13.6 Å². The minimum Gasteiger partial charge on any atom is -0.489 e. The van der Waals surface area contributed by atoms with Crippen LogP contribution in [-0.4, -0.2) is 19.7 Å². The molecule has 17 heavy (non-hydrogen) atoms. The number of nitrogens with one attached hydrogen (secondary N) is 1. The number of hydrogen-bond donors (Lipinski definition) is 1. The minimum atomic E-state index is 0.265. The van der Waals surface area contributed by atoms with Crippen LogP contribution in [-0.2, 0) is 0 Å². The molecule has 0 saturated heterocycles. The van der Waals surface area contributed by atoms with Crippen molar-refractivity contribution in [3.05, 3.63) is 28.2 Å². The second-order valence-electron chi connectivity index (χ2n) is 4.39. The first-order valence-corrected chi connectivity index (χ1v) is 6.53. The van der Waals surface area contributed by atoms with Crippen molar-refractivity contribution in [3.8, 4) is 11.8 Å². The van der Waals surface area contributed by atoms with E-state index in [1.165, 1.54) is 0 Å². The van der Waals surface area contributed by atoms with Crippen LogP contribution in [0.25, 0.3) is 0 Å². The Morgan fingerprint density at radius 1 is 1.53 bits per heavy atom. The Bertz CT molecular complexity index is 436. The highest BCUT2D eigenvalue weighted by Gasteiger charge is 2.30. The SMILES string of the molecule is CNCC1CC(Oc2ccc(Br)cc2C#N)C1. The van der Waals surface area contributed by atoms with Gasteiger partial charge >= 0.3 is 0 Å². The predicted molar refractivity (Wildman–Crippen MR) is 69.9 cm³/mol. The lowest BCUT2D eigenvalue weighted by Gasteiger charge is -2.35. The van der Waals surface area contributed by atoms with Gasteiger partial charge in [0.1, 0.15) is 11.8 Å². The molecule has 1 fully saturated rings. The summed E-state index contributed by atoms with van der Waals surface area (Å²) in [7, 11) is 1.97. The van der Waals surface area contributed by atoms with E-state index in [2.05, 4.69) is 27.3 Å². The molecule has 1 saturated carbocycles. The number of hydrogen-bond acceptors (Lipinski definition) is 3. The third kappa shape index (κ3) is 2.99. The molecule has 1 aliphatic carbocycles. The van der Waals surface area contributed by atoms with Crippen LogP contribution in [0.1, 0.15) is 18.4 Å². The molecular weight excluding hydrogens is 280 g/mol. The summed E-state index contributed by atoms with van der Waals surface area (Å²) in [6, 6.07) is 7.71. The third-order valence-corrected chi connectivity index (χ3v) is 3.53. The van der Waals surface area contributed by atoms with Gasteiger partial charge in [-0.05, 0) is 50.6 Å². The van der Waals surface area contributed by atoms with Crippen LogP contribution >= 0.6 is 15.9 Å². The van der Waals surface area contributed by atoms with Crippen molar-refractivity contribution in [3.63, 3.8) is 0 Å². The van der Waals surface area contributed by atoms with E-state index in [1.54, 1.807) is 6.07 Å². The standard InChI is InChI=1S/C13H15BrN2O/c1-16-8-9-4-12(5-9)17-13-3-2-11(14)6-10(13)7-15/h2-3,6,9,12,16H,4-5,8H2,1H3. The quantitative estimate of drug-likeness (QED) is 0.929. The van der Waals surface area contributed by atoms with Crippen LogP contribution in [0.2, 0.25) is 0 Å². The molecule has 0 unspecified atom stereocenters. The first-order valence-electron chi connectivity index (χ1n) is 5.74. The Labute approximate surface area is 110 Å². The largest absolute Gasteiger partial charge is 0.489 e. The van der Waals surface area contributed by atoms with E-state index in [9.17, 15) is 0 Å². The van der Waals surface area contributed by atoms with Crippen LogP contribution in [0.5, 0.6) is 5.75 Å². The molecule has 90 valence electrons. The fraction of sp³-hybridized carbons (Fsp3) is 0.462. The number of benzene rings is 1. The molecule has 0 aliphatic heterocycles. The normalized spacial score (nSPS) is 22.6. The topological polar surface area (TPSA) is 45.0 Å². The molecule has 2 rings (SSSR count). The maximum atomic E-state index is 9.02. The summed E-state index contributed by atoms with van der Waals surface area (Å²) in [5, 5.41) is 12.2. The molecular formula is C13H15BrN2O. The summed E-state index contributed by atoms with van der Waals surface area (Å²) in [4.78, 5) is 0. The minimum absolute atomic E-state index is 0.265. The van der Waals surface area contributed by atoms with Gasteiger partial charge in [0.05, 0.1) is 11.7 Å². The molecule has 0 bridgehead atoms. The molecule has 0 radical (unpaired) electrons. The van der Waals surface area contributed by atoms with Crippen molar-refractivity contribution in [2.24, 2.45) is 5.92 Å². The Hall–Kier alpha value is -1.05. The third-order valence-electron chi connectivity index (χ3n) is 3.04. The van der Waals surface area contributed by atoms with Crippen LogP contribution in [0, 0.1) is 17.2 Å². The van der Waals surface area contributed by atoms with Crippen LogP contribution in [0.4, 0.5) is 0 Å². The van der Waals surface area contributed by atoms with Gasteiger partial charge in [-0.25, -0.2) is 0 Å². The highest BCUT2D eigenvalue weighted by molar-refractivity contribution is 9.10. The molecule has 0 atom stereocenters. The lowest BCUT2D eigenvalue weighted by Crippen LogP contribution is -2.38. The summed E-state index contributed by atoms with van der Waals surface area (Å²) in [6.45, 7) is 1.05. The van der Waals surface area contributed by atoms with Crippen LogP contribution in [0.15, 0.2) is 22.7 Å². The lowest BCUT2D eigenvalue weighted by molar-refractivity contribution is 0.0655. The molecule has 0 spiro atoms. The monoisotopic (exact) mass is 294 g/mol. The van der Waals surface area contributed by atoms with Crippen molar-refractivity contribution in [2.45, 2.75) is 18.9 Å². The summed E-state index contributed by atoms with van der Waals surface area (Å²) >= 11 is 3.35. The zero-order valence-electron chi connectivity index (χ0n) is 9.74. The fourth-order valence-electron chi connectivity index (χ4n) is 2.10.